The Hall–Kier alpha value is -0.650. The molecule has 18 heavy (non-hydrogen) atoms. The topological polar surface area (TPSA) is 81.6 Å². The molecular formula is C12H17N2NaO3. The zero-order valence-corrected chi connectivity index (χ0v) is 13.4. The number of amides is 2. The maximum atomic E-state index is 12.0. The summed E-state index contributed by atoms with van der Waals surface area (Å²) in [4.78, 5) is 27.2. The molecule has 2 amide bonds. The molecule has 0 bridgehead atoms. The predicted molar refractivity (Wildman–Crippen MR) is 61.9 cm³/mol. The second-order valence-electron chi connectivity index (χ2n) is 4.99. The smallest absolute Gasteiger partial charge is 0.846 e. The predicted octanol–water partition coefficient (Wildman–Crippen LogP) is -2.64. The zero-order chi connectivity index (χ0) is 13.2. The van der Waals surface area contributed by atoms with Crippen LogP contribution in [0.25, 0.3) is 0 Å². The van der Waals surface area contributed by atoms with E-state index in [-0.39, 0.29) is 41.9 Å². The molecule has 1 atom stereocenters. The summed E-state index contributed by atoms with van der Waals surface area (Å²) in [5.41, 5.74) is -0.535. The average molecular weight is 260 g/mol. The van der Waals surface area contributed by atoms with E-state index in [4.69, 9.17) is 0 Å². The van der Waals surface area contributed by atoms with Gasteiger partial charge in [0.1, 0.15) is 5.41 Å². The fourth-order valence-corrected chi connectivity index (χ4v) is 2.16. The molecule has 1 unspecified atom stereocenters. The van der Waals surface area contributed by atoms with Crippen molar-refractivity contribution in [2.45, 2.75) is 33.6 Å². The van der Waals surface area contributed by atoms with E-state index in [1.54, 1.807) is 6.92 Å². The molecule has 0 aliphatic carbocycles. The van der Waals surface area contributed by atoms with Crippen molar-refractivity contribution in [2.75, 3.05) is 0 Å². The largest absolute Gasteiger partial charge is 1.00 e. The molecule has 0 aromatic heterocycles. The van der Waals surface area contributed by atoms with Crippen molar-refractivity contribution < 1.29 is 44.3 Å². The van der Waals surface area contributed by atoms with Gasteiger partial charge in [0, 0.05) is 0 Å². The number of carbonyl (C=O) groups excluding carboxylic acids is 2. The maximum absolute atomic E-state index is 12.0. The molecule has 6 heteroatoms. The van der Waals surface area contributed by atoms with Gasteiger partial charge in [-0.1, -0.05) is 19.4 Å². The third-order valence-electron chi connectivity index (χ3n) is 2.63. The van der Waals surface area contributed by atoms with E-state index < -0.39 is 23.3 Å². The first-order chi connectivity index (χ1) is 7.78. The Kier molecular flexibility index (Phi) is 6.26. The van der Waals surface area contributed by atoms with Crippen LogP contribution in [0, 0.1) is 11.3 Å². The second-order valence-corrected chi connectivity index (χ2v) is 4.99. The Morgan fingerprint density at radius 2 is 2.06 bits per heavy atom. The van der Waals surface area contributed by atoms with Crippen LogP contribution in [0.4, 0.5) is 0 Å². The Labute approximate surface area is 129 Å². The molecule has 0 saturated carbocycles. The number of hydrogen-bond acceptors (Lipinski definition) is 3. The minimum absolute atomic E-state index is 0. The molecular weight excluding hydrogens is 243 g/mol. The third kappa shape index (κ3) is 3.67. The van der Waals surface area contributed by atoms with Gasteiger partial charge < -0.3 is 10.4 Å². The summed E-state index contributed by atoms with van der Waals surface area (Å²) in [6.45, 7) is 9.31. The summed E-state index contributed by atoms with van der Waals surface area (Å²) in [6.07, 6.45) is 0.591. The van der Waals surface area contributed by atoms with Crippen LogP contribution < -0.4 is 40.0 Å². The summed E-state index contributed by atoms with van der Waals surface area (Å²) in [5.74, 6) is -1.06. The molecule has 1 N–H and O–H groups in total. The van der Waals surface area contributed by atoms with Gasteiger partial charge in [0.15, 0.2) is 0 Å². The van der Waals surface area contributed by atoms with Crippen molar-refractivity contribution in [3.05, 3.63) is 12.2 Å². The van der Waals surface area contributed by atoms with Gasteiger partial charge in [-0.2, -0.15) is 0 Å². The van der Waals surface area contributed by atoms with E-state index in [9.17, 15) is 14.7 Å². The van der Waals surface area contributed by atoms with E-state index in [0.29, 0.717) is 6.42 Å². The van der Waals surface area contributed by atoms with Crippen LogP contribution >= 0.6 is 0 Å². The van der Waals surface area contributed by atoms with Gasteiger partial charge in [-0.05, 0) is 25.7 Å². The molecule has 0 aromatic rings. The molecule has 0 saturated heterocycles. The van der Waals surface area contributed by atoms with Crippen LogP contribution in [0.15, 0.2) is 17.1 Å². The van der Waals surface area contributed by atoms with Gasteiger partial charge in [0.05, 0.1) is 6.02 Å². The van der Waals surface area contributed by atoms with Crippen molar-refractivity contribution >= 4 is 17.8 Å². The first-order valence-electron chi connectivity index (χ1n) is 5.54. The number of carbonyl (C=O) groups is 2. The Morgan fingerprint density at radius 1 is 1.50 bits per heavy atom. The number of hydrogen-bond donors (Lipinski definition) is 1. The van der Waals surface area contributed by atoms with E-state index in [1.165, 1.54) is 0 Å². The quantitative estimate of drug-likeness (QED) is 0.341. The monoisotopic (exact) mass is 260 g/mol. The minimum atomic E-state index is -1.26. The Balaban J connectivity index is 0.00000289. The molecule has 1 heterocycles. The van der Waals surface area contributed by atoms with Crippen LogP contribution in [-0.4, -0.2) is 17.8 Å². The van der Waals surface area contributed by atoms with Gasteiger partial charge in [-0.15, -0.1) is 6.58 Å². The number of nitrogens with zero attached hydrogens (tertiary/aromatic N) is 1. The maximum Gasteiger partial charge on any atom is 1.00 e. The average Bonchev–Trinajstić information content (AvgIpc) is 2.12. The number of rotatable bonds is 4. The summed E-state index contributed by atoms with van der Waals surface area (Å²) < 4.78 is 0. The van der Waals surface area contributed by atoms with Crippen LogP contribution in [0.2, 0.25) is 0 Å². The second kappa shape index (κ2) is 6.50. The van der Waals surface area contributed by atoms with Gasteiger partial charge in [0.2, 0.25) is 5.91 Å². The molecule has 0 aromatic carbocycles. The molecule has 0 spiro atoms. The Morgan fingerprint density at radius 3 is 2.44 bits per heavy atom. The first-order valence-corrected chi connectivity index (χ1v) is 5.54. The first kappa shape index (κ1) is 17.4. The standard InChI is InChI=1S/C12H18N2O3.Na/c1-7(2)5-12(6-8(3)4)9(15)13-11(17)14-10(12)16;/h8H,1,5-6H2,2-4H3,(H2,13,14,15,16,17);/q;+1/p-1. The van der Waals surface area contributed by atoms with Gasteiger partial charge >= 0.3 is 29.6 Å². The number of amidine groups is 1. The van der Waals surface area contributed by atoms with Crippen molar-refractivity contribution in [3.63, 3.8) is 0 Å². The molecule has 1 aliphatic rings. The van der Waals surface area contributed by atoms with Gasteiger partial charge in [0.25, 0.3) is 5.91 Å². The van der Waals surface area contributed by atoms with E-state index >= 15 is 0 Å². The van der Waals surface area contributed by atoms with Crippen molar-refractivity contribution in [1.29, 1.82) is 0 Å². The molecule has 0 fully saturated rings. The number of allylic oxidation sites excluding steroid dienone is 1. The Bertz CT molecular complexity index is 404. The van der Waals surface area contributed by atoms with Crippen molar-refractivity contribution in [1.82, 2.24) is 5.32 Å². The van der Waals surface area contributed by atoms with Crippen molar-refractivity contribution in [2.24, 2.45) is 16.3 Å². The van der Waals surface area contributed by atoms with Gasteiger partial charge in [-0.3, -0.25) is 9.59 Å². The van der Waals surface area contributed by atoms with Crippen LogP contribution in [0.1, 0.15) is 33.6 Å². The summed E-state index contributed by atoms with van der Waals surface area (Å²) in [7, 11) is 0. The van der Waals surface area contributed by atoms with E-state index in [1.807, 2.05) is 13.8 Å². The summed E-state index contributed by atoms with van der Waals surface area (Å²) in [5, 5.41) is 13.1. The molecule has 0 radical (unpaired) electrons. The van der Waals surface area contributed by atoms with E-state index in [2.05, 4.69) is 16.9 Å². The fourth-order valence-electron chi connectivity index (χ4n) is 2.16. The van der Waals surface area contributed by atoms with E-state index in [0.717, 1.165) is 5.57 Å². The summed E-state index contributed by atoms with van der Waals surface area (Å²) in [6, 6.07) is -0.874. The molecule has 5 nitrogen and oxygen atoms in total. The molecule has 1 aliphatic heterocycles. The number of nitrogens with one attached hydrogen (secondary N) is 1. The molecule has 94 valence electrons. The van der Waals surface area contributed by atoms with Crippen LogP contribution in [0.5, 0.6) is 0 Å². The fraction of sp³-hybridized carbons (Fsp3) is 0.583. The normalized spacial score (nSPS) is 23.2. The molecule has 1 rings (SSSR count). The van der Waals surface area contributed by atoms with Crippen molar-refractivity contribution in [3.8, 4) is 0 Å². The summed E-state index contributed by atoms with van der Waals surface area (Å²) >= 11 is 0. The van der Waals surface area contributed by atoms with Crippen LogP contribution in [0.3, 0.4) is 0 Å². The third-order valence-corrected chi connectivity index (χ3v) is 2.63. The minimum Gasteiger partial charge on any atom is -0.846 e. The zero-order valence-electron chi connectivity index (χ0n) is 11.4. The van der Waals surface area contributed by atoms with Crippen LogP contribution in [-0.2, 0) is 9.59 Å². The van der Waals surface area contributed by atoms with Gasteiger partial charge in [-0.25, -0.2) is 4.99 Å². The number of aliphatic imine (C=N–C) groups is 1. The SMILES string of the molecule is C=C(C)CC1(CC(C)C)C(=O)N=C([O-])NC1=O.[Na+].